The Labute approximate surface area is 225 Å². The summed E-state index contributed by atoms with van der Waals surface area (Å²) in [4.78, 5) is 30.3. The number of pyridine rings is 1. The minimum atomic E-state index is -5.08. The number of fused-ring (bicyclic) bond motifs is 1. The van der Waals surface area contributed by atoms with E-state index in [2.05, 4.69) is 33.3 Å². The van der Waals surface area contributed by atoms with Crippen molar-refractivity contribution in [1.29, 1.82) is 0 Å². The van der Waals surface area contributed by atoms with Gasteiger partial charge >= 0.3 is 12.1 Å². The van der Waals surface area contributed by atoms with Gasteiger partial charge in [0.05, 0.1) is 23.7 Å². The third kappa shape index (κ3) is 6.17. The van der Waals surface area contributed by atoms with E-state index in [0.717, 1.165) is 39.6 Å². The SMILES string of the molecule is COc1ccccc1-c1ccc2c(C3CN(C(=O)c4csc(C)n4)CCN3C)nnn2c1.O=C(O)C(F)(F)F. The van der Waals surface area contributed by atoms with Gasteiger partial charge in [0.25, 0.3) is 5.91 Å². The number of thiazole rings is 1. The second-order valence-corrected chi connectivity index (χ2v) is 9.79. The zero-order valence-corrected chi connectivity index (χ0v) is 22.0. The van der Waals surface area contributed by atoms with Crippen molar-refractivity contribution in [3.8, 4) is 16.9 Å². The second kappa shape index (κ2) is 11.4. The number of hydrogen-bond donors (Lipinski definition) is 1. The highest BCUT2D eigenvalue weighted by Gasteiger charge is 2.38. The Morgan fingerprint density at radius 2 is 1.87 bits per heavy atom. The number of carboxylic acid groups (broad SMARTS) is 1. The van der Waals surface area contributed by atoms with Gasteiger partial charge in [0.1, 0.15) is 17.1 Å². The molecular weight excluding hydrogens is 537 g/mol. The summed E-state index contributed by atoms with van der Waals surface area (Å²) in [5, 5.41) is 18.7. The number of nitrogens with zero attached hydrogens (tertiary/aromatic N) is 6. The fourth-order valence-electron chi connectivity index (χ4n) is 4.17. The van der Waals surface area contributed by atoms with Crippen LogP contribution >= 0.6 is 11.3 Å². The van der Waals surface area contributed by atoms with Crippen LogP contribution in [0.1, 0.15) is 27.2 Å². The van der Waals surface area contributed by atoms with Crippen LogP contribution in [0.25, 0.3) is 16.6 Å². The molecule has 39 heavy (non-hydrogen) atoms. The van der Waals surface area contributed by atoms with Crippen molar-refractivity contribution in [3.63, 3.8) is 0 Å². The Bertz CT molecular complexity index is 1490. The van der Waals surface area contributed by atoms with Crippen molar-refractivity contribution >= 4 is 28.7 Å². The molecule has 1 unspecified atom stereocenters. The van der Waals surface area contributed by atoms with E-state index in [0.29, 0.717) is 18.8 Å². The maximum Gasteiger partial charge on any atom is 0.490 e. The Morgan fingerprint density at radius 1 is 1.15 bits per heavy atom. The van der Waals surface area contributed by atoms with Gasteiger partial charge in [0, 0.05) is 42.3 Å². The van der Waals surface area contributed by atoms with Crippen LogP contribution in [0.2, 0.25) is 0 Å². The van der Waals surface area contributed by atoms with Gasteiger partial charge < -0.3 is 14.7 Å². The number of rotatable bonds is 4. The zero-order chi connectivity index (χ0) is 28.3. The number of ether oxygens (including phenoxy) is 1. The summed E-state index contributed by atoms with van der Waals surface area (Å²) < 4.78 is 39.0. The molecule has 5 rings (SSSR count). The Morgan fingerprint density at radius 3 is 2.51 bits per heavy atom. The monoisotopic (exact) mass is 562 g/mol. The summed E-state index contributed by atoms with van der Waals surface area (Å²) in [6.07, 6.45) is -3.12. The van der Waals surface area contributed by atoms with Gasteiger partial charge in [-0.1, -0.05) is 29.5 Å². The molecule has 1 aromatic carbocycles. The molecular formula is C25H25F3N6O4S. The molecule has 206 valence electrons. The molecule has 1 aliphatic rings. The van der Waals surface area contributed by atoms with Crippen LogP contribution in [0.15, 0.2) is 48.0 Å². The first-order chi connectivity index (χ1) is 18.5. The Balaban J connectivity index is 0.000000448. The van der Waals surface area contributed by atoms with Crippen LogP contribution in [0.5, 0.6) is 5.75 Å². The van der Waals surface area contributed by atoms with Gasteiger partial charge in [-0.15, -0.1) is 16.4 Å². The number of carboxylic acids is 1. The van der Waals surface area contributed by atoms with E-state index in [1.807, 2.05) is 53.7 Å². The van der Waals surface area contributed by atoms with E-state index >= 15 is 0 Å². The number of para-hydroxylation sites is 1. The number of amides is 1. The molecule has 14 heteroatoms. The largest absolute Gasteiger partial charge is 0.496 e. The molecule has 0 bridgehead atoms. The number of piperazine rings is 1. The molecule has 4 aromatic rings. The van der Waals surface area contributed by atoms with Gasteiger partial charge in [-0.25, -0.2) is 14.3 Å². The summed E-state index contributed by atoms with van der Waals surface area (Å²) >= 11 is 1.50. The second-order valence-electron chi connectivity index (χ2n) is 8.72. The highest BCUT2D eigenvalue weighted by atomic mass is 32.1. The molecule has 1 amide bonds. The number of aromatic nitrogens is 4. The van der Waals surface area contributed by atoms with Gasteiger partial charge in [-0.3, -0.25) is 9.69 Å². The molecule has 1 atom stereocenters. The lowest BCUT2D eigenvalue weighted by atomic mass is 10.0. The number of benzene rings is 1. The smallest absolute Gasteiger partial charge is 0.490 e. The van der Waals surface area contributed by atoms with Crippen LogP contribution < -0.4 is 4.74 Å². The first kappa shape index (κ1) is 28.0. The third-order valence-corrected chi connectivity index (χ3v) is 6.96. The van der Waals surface area contributed by atoms with E-state index in [9.17, 15) is 18.0 Å². The molecule has 4 heterocycles. The van der Waals surface area contributed by atoms with Crippen LogP contribution in [0.3, 0.4) is 0 Å². The molecule has 1 saturated heterocycles. The molecule has 0 spiro atoms. The normalized spacial score (nSPS) is 16.1. The molecule has 0 saturated carbocycles. The summed E-state index contributed by atoms with van der Waals surface area (Å²) in [5.74, 6) is -1.97. The van der Waals surface area contributed by atoms with E-state index < -0.39 is 12.1 Å². The van der Waals surface area contributed by atoms with E-state index in [-0.39, 0.29) is 11.9 Å². The predicted molar refractivity (Wildman–Crippen MR) is 137 cm³/mol. The number of carbonyl (C=O) groups excluding carboxylic acids is 1. The summed E-state index contributed by atoms with van der Waals surface area (Å²) in [6.45, 7) is 3.89. The summed E-state index contributed by atoms with van der Waals surface area (Å²) in [6, 6.07) is 12.0. The van der Waals surface area contributed by atoms with Crippen molar-refractivity contribution in [1.82, 2.24) is 29.6 Å². The topological polar surface area (TPSA) is 113 Å². The Kier molecular flexibility index (Phi) is 8.16. The van der Waals surface area contributed by atoms with Crippen molar-refractivity contribution in [3.05, 3.63) is 64.4 Å². The number of aliphatic carboxylic acids is 1. The number of likely N-dealkylation sites (N-methyl/N-ethyl adjacent to an activating group) is 1. The molecule has 1 fully saturated rings. The maximum absolute atomic E-state index is 13.0. The summed E-state index contributed by atoms with van der Waals surface area (Å²) in [5.41, 5.74) is 4.31. The average molecular weight is 563 g/mol. The quantitative estimate of drug-likeness (QED) is 0.398. The lowest BCUT2D eigenvalue weighted by Crippen LogP contribution is -2.49. The van der Waals surface area contributed by atoms with Gasteiger partial charge in [0.15, 0.2) is 0 Å². The highest BCUT2D eigenvalue weighted by molar-refractivity contribution is 7.09. The molecule has 0 aliphatic carbocycles. The Hall–Kier alpha value is -4.04. The van der Waals surface area contributed by atoms with E-state index in [4.69, 9.17) is 14.6 Å². The number of halogens is 3. The van der Waals surface area contributed by atoms with Crippen molar-refractivity contribution < 1.29 is 32.6 Å². The number of alkyl halides is 3. The fraction of sp³-hybridized carbons (Fsp3) is 0.320. The lowest BCUT2D eigenvalue weighted by Gasteiger charge is -2.38. The van der Waals surface area contributed by atoms with Crippen molar-refractivity contribution in [2.75, 3.05) is 33.8 Å². The molecule has 3 aromatic heterocycles. The van der Waals surface area contributed by atoms with Gasteiger partial charge in [-0.05, 0) is 26.1 Å². The van der Waals surface area contributed by atoms with Crippen LogP contribution in [-0.2, 0) is 4.79 Å². The predicted octanol–water partition coefficient (Wildman–Crippen LogP) is 3.93. The van der Waals surface area contributed by atoms with Crippen LogP contribution in [-0.4, -0.2) is 86.6 Å². The highest BCUT2D eigenvalue weighted by Crippen LogP contribution is 2.32. The first-order valence-corrected chi connectivity index (χ1v) is 12.6. The minimum Gasteiger partial charge on any atom is -0.496 e. The third-order valence-electron chi connectivity index (χ3n) is 6.19. The maximum atomic E-state index is 13.0. The van der Waals surface area contributed by atoms with Crippen LogP contribution in [0.4, 0.5) is 13.2 Å². The molecule has 1 N–H and O–H groups in total. The van der Waals surface area contributed by atoms with E-state index in [1.54, 1.807) is 11.6 Å². The minimum absolute atomic E-state index is 0.0256. The molecule has 10 nitrogen and oxygen atoms in total. The van der Waals surface area contributed by atoms with Gasteiger partial charge in [-0.2, -0.15) is 13.2 Å². The number of carbonyl (C=O) groups is 2. The fourth-order valence-corrected chi connectivity index (χ4v) is 4.76. The van der Waals surface area contributed by atoms with Gasteiger partial charge in [0.2, 0.25) is 0 Å². The molecule has 1 aliphatic heterocycles. The number of methoxy groups -OCH3 is 1. The van der Waals surface area contributed by atoms with Crippen molar-refractivity contribution in [2.24, 2.45) is 0 Å². The number of hydrogen-bond acceptors (Lipinski definition) is 8. The first-order valence-electron chi connectivity index (χ1n) is 11.7. The van der Waals surface area contributed by atoms with E-state index in [1.165, 1.54) is 11.3 Å². The number of aryl methyl sites for hydroxylation is 1. The lowest BCUT2D eigenvalue weighted by molar-refractivity contribution is -0.192. The zero-order valence-electron chi connectivity index (χ0n) is 21.2. The standard InChI is InChI=1S/C23H24N6O2S.C2HF3O2/c1-15-24-18(14-32-15)23(30)28-11-10-27(2)20(13-28)22-19-9-8-16(12-29(19)26-25-22)17-6-4-5-7-21(17)31-3;3-2(4,5)1(6)7/h4-9,12,14,20H,10-11,13H2,1-3H3;(H,6,7). The van der Waals surface area contributed by atoms with Crippen LogP contribution in [0, 0.1) is 6.92 Å². The summed E-state index contributed by atoms with van der Waals surface area (Å²) in [7, 11) is 3.73. The average Bonchev–Trinajstić information content (AvgIpc) is 3.54. The van der Waals surface area contributed by atoms with Crippen molar-refractivity contribution in [2.45, 2.75) is 19.1 Å². The molecule has 0 radical (unpaired) electrons.